The van der Waals surface area contributed by atoms with Crippen LogP contribution >= 0.6 is 11.8 Å². The van der Waals surface area contributed by atoms with Crippen molar-refractivity contribution in [1.82, 2.24) is 10.3 Å². The van der Waals surface area contributed by atoms with Gasteiger partial charge in [0.05, 0.1) is 0 Å². The summed E-state index contributed by atoms with van der Waals surface area (Å²) in [5, 5.41) is 3.48. The molecule has 0 spiro atoms. The van der Waals surface area contributed by atoms with Gasteiger partial charge in [0.15, 0.2) is 0 Å². The summed E-state index contributed by atoms with van der Waals surface area (Å²) in [4.78, 5) is 6.74. The summed E-state index contributed by atoms with van der Waals surface area (Å²) in [6.07, 6.45) is 4.01. The molecule has 0 atom stereocenters. The second-order valence-corrected chi connectivity index (χ2v) is 5.91. The van der Waals surface area contributed by atoms with Gasteiger partial charge in [0.2, 0.25) is 0 Å². The van der Waals surface area contributed by atoms with Gasteiger partial charge < -0.3 is 10.2 Å². The van der Waals surface area contributed by atoms with Gasteiger partial charge in [-0.1, -0.05) is 19.9 Å². The second kappa shape index (κ2) is 8.38. The van der Waals surface area contributed by atoms with Crippen LogP contribution in [0.2, 0.25) is 0 Å². The Morgan fingerprint density at radius 1 is 1.44 bits per heavy atom. The summed E-state index contributed by atoms with van der Waals surface area (Å²) in [7, 11) is 2.12. The van der Waals surface area contributed by atoms with Gasteiger partial charge in [0, 0.05) is 37.7 Å². The first-order valence-electron chi connectivity index (χ1n) is 6.49. The summed E-state index contributed by atoms with van der Waals surface area (Å²) >= 11 is 1.87. The Labute approximate surface area is 115 Å². The molecule has 4 heteroatoms. The van der Waals surface area contributed by atoms with Crippen LogP contribution < -0.4 is 10.2 Å². The van der Waals surface area contributed by atoms with Gasteiger partial charge in [-0.05, 0) is 24.8 Å². The zero-order chi connectivity index (χ0) is 13.4. The largest absolute Gasteiger partial charge is 0.359 e. The highest BCUT2D eigenvalue weighted by Crippen LogP contribution is 2.15. The fourth-order valence-electron chi connectivity index (χ4n) is 1.74. The number of pyridine rings is 1. The highest BCUT2D eigenvalue weighted by atomic mass is 32.2. The molecule has 0 aliphatic heterocycles. The SMILES string of the molecule is CSCCN(C)c1ncccc1CNCC(C)C. The summed E-state index contributed by atoms with van der Waals surface area (Å²) in [5.41, 5.74) is 1.28. The molecule has 0 aliphatic carbocycles. The van der Waals surface area contributed by atoms with Crippen molar-refractivity contribution in [1.29, 1.82) is 0 Å². The van der Waals surface area contributed by atoms with Crippen molar-refractivity contribution in [3.63, 3.8) is 0 Å². The van der Waals surface area contributed by atoms with Crippen molar-refractivity contribution in [2.75, 3.05) is 37.0 Å². The molecule has 1 heterocycles. The lowest BCUT2D eigenvalue weighted by molar-refractivity contribution is 0.551. The average molecular weight is 267 g/mol. The Morgan fingerprint density at radius 2 is 2.22 bits per heavy atom. The number of anilines is 1. The van der Waals surface area contributed by atoms with Gasteiger partial charge in [0.25, 0.3) is 0 Å². The number of thioether (sulfide) groups is 1. The standard InChI is InChI=1S/C14H25N3S/c1-12(2)10-15-11-13-6-5-7-16-14(13)17(3)8-9-18-4/h5-7,12,15H,8-11H2,1-4H3. The lowest BCUT2D eigenvalue weighted by Gasteiger charge is -2.21. The highest BCUT2D eigenvalue weighted by Gasteiger charge is 2.08. The molecule has 0 aromatic carbocycles. The van der Waals surface area contributed by atoms with E-state index < -0.39 is 0 Å². The Bertz CT molecular complexity index is 342. The highest BCUT2D eigenvalue weighted by molar-refractivity contribution is 7.98. The Balaban J connectivity index is 2.60. The predicted molar refractivity (Wildman–Crippen MR) is 82.4 cm³/mol. The molecule has 0 amide bonds. The molecule has 0 saturated heterocycles. The molecule has 1 aromatic heterocycles. The van der Waals surface area contributed by atoms with E-state index in [4.69, 9.17) is 0 Å². The molecule has 3 nitrogen and oxygen atoms in total. The van der Waals surface area contributed by atoms with E-state index in [-0.39, 0.29) is 0 Å². The van der Waals surface area contributed by atoms with Gasteiger partial charge in [-0.15, -0.1) is 0 Å². The monoisotopic (exact) mass is 267 g/mol. The molecule has 0 bridgehead atoms. The summed E-state index contributed by atoms with van der Waals surface area (Å²) < 4.78 is 0. The Kier molecular flexibility index (Phi) is 7.13. The third-order valence-corrected chi connectivity index (χ3v) is 3.32. The number of hydrogen-bond donors (Lipinski definition) is 1. The third-order valence-electron chi connectivity index (χ3n) is 2.73. The van der Waals surface area contributed by atoms with Gasteiger partial charge >= 0.3 is 0 Å². The van der Waals surface area contributed by atoms with E-state index in [9.17, 15) is 0 Å². The molecule has 1 N–H and O–H groups in total. The fraction of sp³-hybridized carbons (Fsp3) is 0.643. The van der Waals surface area contributed by atoms with E-state index in [2.05, 4.69) is 48.4 Å². The molecule has 0 radical (unpaired) electrons. The zero-order valence-corrected chi connectivity index (χ0v) is 12.8. The summed E-state index contributed by atoms with van der Waals surface area (Å²) in [5.74, 6) is 2.91. The quantitative estimate of drug-likeness (QED) is 0.784. The lowest BCUT2D eigenvalue weighted by Crippen LogP contribution is -2.25. The van der Waals surface area contributed by atoms with E-state index in [0.29, 0.717) is 5.92 Å². The van der Waals surface area contributed by atoms with Crippen LogP contribution in [0.3, 0.4) is 0 Å². The number of aromatic nitrogens is 1. The van der Waals surface area contributed by atoms with Crippen molar-refractivity contribution >= 4 is 17.6 Å². The van der Waals surface area contributed by atoms with Crippen molar-refractivity contribution in [2.24, 2.45) is 5.92 Å². The van der Waals surface area contributed by atoms with E-state index in [0.717, 1.165) is 31.2 Å². The van der Waals surface area contributed by atoms with E-state index in [1.807, 2.05) is 24.0 Å². The third kappa shape index (κ3) is 5.27. The number of rotatable bonds is 8. The van der Waals surface area contributed by atoms with Crippen LogP contribution in [-0.4, -0.2) is 37.1 Å². The maximum absolute atomic E-state index is 4.51. The van der Waals surface area contributed by atoms with Gasteiger partial charge in [-0.2, -0.15) is 11.8 Å². The topological polar surface area (TPSA) is 28.2 Å². The van der Waals surface area contributed by atoms with Gasteiger partial charge in [0.1, 0.15) is 5.82 Å². The maximum Gasteiger partial charge on any atom is 0.132 e. The first-order valence-corrected chi connectivity index (χ1v) is 7.89. The molecular formula is C14H25N3S. The lowest BCUT2D eigenvalue weighted by atomic mass is 10.2. The summed E-state index contributed by atoms with van der Waals surface area (Å²) in [6, 6.07) is 4.17. The van der Waals surface area contributed by atoms with Crippen LogP contribution in [0.4, 0.5) is 5.82 Å². The van der Waals surface area contributed by atoms with Crippen LogP contribution in [0.25, 0.3) is 0 Å². The Morgan fingerprint density at radius 3 is 2.89 bits per heavy atom. The average Bonchev–Trinajstić information content (AvgIpc) is 2.36. The van der Waals surface area contributed by atoms with Gasteiger partial charge in [-0.25, -0.2) is 4.98 Å². The zero-order valence-electron chi connectivity index (χ0n) is 11.9. The molecule has 0 aliphatic rings. The van der Waals surface area contributed by atoms with Crippen molar-refractivity contribution in [3.8, 4) is 0 Å². The molecule has 1 aromatic rings. The second-order valence-electron chi connectivity index (χ2n) is 4.93. The normalized spacial score (nSPS) is 10.9. The number of hydrogen-bond acceptors (Lipinski definition) is 4. The van der Waals surface area contributed by atoms with E-state index in [1.165, 1.54) is 5.56 Å². The smallest absolute Gasteiger partial charge is 0.132 e. The minimum atomic E-state index is 0.680. The van der Waals surface area contributed by atoms with Crippen molar-refractivity contribution in [3.05, 3.63) is 23.9 Å². The van der Waals surface area contributed by atoms with E-state index >= 15 is 0 Å². The molecule has 0 saturated carbocycles. The molecule has 1 rings (SSSR count). The van der Waals surface area contributed by atoms with E-state index in [1.54, 1.807) is 0 Å². The maximum atomic E-state index is 4.51. The van der Waals surface area contributed by atoms with Crippen LogP contribution in [0, 0.1) is 5.92 Å². The number of nitrogens with zero attached hydrogens (tertiary/aromatic N) is 2. The van der Waals surface area contributed by atoms with Crippen molar-refractivity contribution < 1.29 is 0 Å². The number of nitrogens with one attached hydrogen (secondary N) is 1. The molecular weight excluding hydrogens is 242 g/mol. The van der Waals surface area contributed by atoms with Crippen molar-refractivity contribution in [2.45, 2.75) is 20.4 Å². The van der Waals surface area contributed by atoms with Crippen LogP contribution in [0.5, 0.6) is 0 Å². The Hall–Kier alpha value is -0.740. The van der Waals surface area contributed by atoms with Crippen LogP contribution in [0.1, 0.15) is 19.4 Å². The molecule has 0 fully saturated rings. The van der Waals surface area contributed by atoms with Gasteiger partial charge in [-0.3, -0.25) is 0 Å². The minimum absolute atomic E-state index is 0.680. The van der Waals surface area contributed by atoms with Crippen LogP contribution in [-0.2, 0) is 6.54 Å². The van der Waals surface area contributed by atoms with Crippen LogP contribution in [0.15, 0.2) is 18.3 Å². The fourth-order valence-corrected chi connectivity index (χ4v) is 2.20. The molecule has 102 valence electrons. The summed E-state index contributed by atoms with van der Waals surface area (Å²) in [6.45, 7) is 7.42. The first kappa shape index (κ1) is 15.3. The minimum Gasteiger partial charge on any atom is -0.359 e. The molecule has 18 heavy (non-hydrogen) atoms. The molecule has 0 unspecified atom stereocenters. The first-order chi connectivity index (χ1) is 8.65. The predicted octanol–water partition coefficient (Wildman–Crippen LogP) is 2.63.